The van der Waals surface area contributed by atoms with E-state index < -0.39 is 5.91 Å². The molecule has 27 heavy (non-hydrogen) atoms. The second-order valence-electron chi connectivity index (χ2n) is 6.44. The second kappa shape index (κ2) is 9.62. The fraction of sp³-hybridized carbons (Fsp3) is 0.333. The van der Waals surface area contributed by atoms with Gasteiger partial charge in [0.15, 0.2) is 0 Å². The normalized spacial score (nSPS) is 10.5. The van der Waals surface area contributed by atoms with Crippen LogP contribution >= 0.6 is 0 Å². The Morgan fingerprint density at radius 3 is 2.37 bits per heavy atom. The van der Waals surface area contributed by atoms with E-state index in [-0.39, 0.29) is 18.9 Å². The summed E-state index contributed by atoms with van der Waals surface area (Å²) in [6, 6.07) is 15.0. The summed E-state index contributed by atoms with van der Waals surface area (Å²) in [5, 5.41) is 2.86. The number of ether oxygens (including phenoxy) is 1. The molecular weight excluding hydrogens is 342 g/mol. The molecule has 2 aromatic rings. The van der Waals surface area contributed by atoms with Crippen molar-refractivity contribution < 1.29 is 14.3 Å². The number of benzene rings is 2. The van der Waals surface area contributed by atoms with Gasteiger partial charge in [-0.15, -0.1) is 0 Å². The van der Waals surface area contributed by atoms with Gasteiger partial charge in [-0.25, -0.2) is 0 Å². The number of primary amides is 1. The van der Waals surface area contributed by atoms with Gasteiger partial charge in [-0.3, -0.25) is 9.59 Å². The van der Waals surface area contributed by atoms with Crippen LogP contribution in [0.2, 0.25) is 0 Å². The van der Waals surface area contributed by atoms with Gasteiger partial charge in [0.2, 0.25) is 5.91 Å². The molecule has 0 aliphatic rings. The van der Waals surface area contributed by atoms with Crippen LogP contribution in [0.5, 0.6) is 5.75 Å². The van der Waals surface area contributed by atoms with E-state index in [1.54, 1.807) is 24.3 Å². The molecule has 0 spiro atoms. The molecule has 0 unspecified atom stereocenters. The van der Waals surface area contributed by atoms with Gasteiger partial charge in [0.1, 0.15) is 5.75 Å². The topological polar surface area (TPSA) is 84.7 Å². The third kappa shape index (κ3) is 5.74. The zero-order chi connectivity index (χ0) is 19.8. The van der Waals surface area contributed by atoms with Crippen molar-refractivity contribution in [3.63, 3.8) is 0 Å². The molecule has 0 aliphatic carbocycles. The number of hydrogen-bond donors (Lipinski definition) is 2. The molecule has 0 bridgehead atoms. The van der Waals surface area contributed by atoms with Crippen LogP contribution in [0.15, 0.2) is 48.5 Å². The van der Waals surface area contributed by atoms with E-state index in [1.165, 1.54) is 0 Å². The number of hydrogen-bond acceptors (Lipinski definition) is 4. The van der Waals surface area contributed by atoms with Crippen molar-refractivity contribution in [2.75, 3.05) is 23.4 Å². The molecule has 0 aromatic heterocycles. The van der Waals surface area contributed by atoms with Crippen molar-refractivity contribution in [1.29, 1.82) is 0 Å². The van der Waals surface area contributed by atoms with Crippen LogP contribution < -0.4 is 20.7 Å². The summed E-state index contributed by atoms with van der Waals surface area (Å²) < 4.78 is 5.55. The maximum Gasteiger partial charge on any atom is 0.255 e. The molecule has 0 fully saturated rings. The first-order valence-electron chi connectivity index (χ1n) is 9.10. The van der Waals surface area contributed by atoms with Crippen molar-refractivity contribution in [2.45, 2.75) is 33.2 Å². The van der Waals surface area contributed by atoms with Gasteiger partial charge in [0.25, 0.3) is 5.91 Å². The molecule has 0 atom stereocenters. The first kappa shape index (κ1) is 20.3. The Bertz CT molecular complexity index is 772. The van der Waals surface area contributed by atoms with Crippen molar-refractivity contribution in [3.05, 3.63) is 54.1 Å². The van der Waals surface area contributed by atoms with Crippen molar-refractivity contribution in [3.8, 4) is 5.75 Å². The predicted molar refractivity (Wildman–Crippen MR) is 108 cm³/mol. The third-order valence-electron chi connectivity index (χ3n) is 4.17. The van der Waals surface area contributed by atoms with Crippen LogP contribution in [-0.4, -0.2) is 31.0 Å². The van der Waals surface area contributed by atoms with Gasteiger partial charge in [0.05, 0.1) is 18.7 Å². The van der Waals surface area contributed by atoms with Gasteiger partial charge in [-0.2, -0.15) is 0 Å². The first-order chi connectivity index (χ1) is 12.9. The number of nitrogens with zero attached hydrogens (tertiary/aromatic N) is 1. The number of carbonyl (C=O) groups excluding carboxylic acids is 2. The number of amides is 2. The van der Waals surface area contributed by atoms with Crippen LogP contribution in [0.1, 0.15) is 37.6 Å². The van der Waals surface area contributed by atoms with Gasteiger partial charge < -0.3 is 20.7 Å². The van der Waals surface area contributed by atoms with Crippen LogP contribution in [0.25, 0.3) is 0 Å². The van der Waals surface area contributed by atoms with E-state index in [9.17, 15) is 9.59 Å². The minimum atomic E-state index is -0.431. The highest BCUT2D eigenvalue weighted by molar-refractivity contribution is 6.05. The van der Waals surface area contributed by atoms with Gasteiger partial charge in [0, 0.05) is 23.8 Å². The monoisotopic (exact) mass is 369 g/mol. The van der Waals surface area contributed by atoms with E-state index in [0.29, 0.717) is 23.0 Å². The Labute approximate surface area is 160 Å². The lowest BCUT2D eigenvalue weighted by Crippen LogP contribution is -2.30. The molecule has 6 nitrogen and oxygen atoms in total. The minimum Gasteiger partial charge on any atom is -0.491 e. The molecule has 3 N–H and O–H groups in total. The van der Waals surface area contributed by atoms with Gasteiger partial charge >= 0.3 is 0 Å². The highest BCUT2D eigenvalue weighted by atomic mass is 16.5. The number of carbonyl (C=O) groups is 2. The SMILES string of the molecule is CCN(c1ccc(C(=O)Nc2ccccc2OCCC(N)=O)cc1)C(C)C. The third-order valence-corrected chi connectivity index (χ3v) is 4.17. The van der Waals surface area contributed by atoms with E-state index >= 15 is 0 Å². The molecule has 2 amide bonds. The highest BCUT2D eigenvalue weighted by Crippen LogP contribution is 2.25. The summed E-state index contributed by atoms with van der Waals surface area (Å²) in [5.74, 6) is -0.153. The van der Waals surface area contributed by atoms with Crippen molar-refractivity contribution in [2.24, 2.45) is 5.73 Å². The lowest BCUT2D eigenvalue weighted by atomic mass is 10.1. The van der Waals surface area contributed by atoms with E-state index in [4.69, 9.17) is 10.5 Å². The summed E-state index contributed by atoms with van der Waals surface area (Å²) in [7, 11) is 0. The van der Waals surface area contributed by atoms with E-state index in [0.717, 1.165) is 12.2 Å². The molecule has 0 saturated carbocycles. The number of para-hydroxylation sites is 2. The van der Waals surface area contributed by atoms with Crippen LogP contribution in [-0.2, 0) is 4.79 Å². The van der Waals surface area contributed by atoms with E-state index in [2.05, 4.69) is 31.0 Å². The first-order valence-corrected chi connectivity index (χ1v) is 9.10. The molecular formula is C21H27N3O3. The van der Waals surface area contributed by atoms with Crippen molar-refractivity contribution in [1.82, 2.24) is 0 Å². The predicted octanol–water partition coefficient (Wildman–Crippen LogP) is 3.43. The molecule has 0 aliphatic heterocycles. The van der Waals surface area contributed by atoms with Crippen LogP contribution in [0.3, 0.4) is 0 Å². The Balaban J connectivity index is 2.08. The maximum atomic E-state index is 12.6. The lowest BCUT2D eigenvalue weighted by molar-refractivity contribution is -0.118. The molecule has 0 radical (unpaired) electrons. The Morgan fingerprint density at radius 2 is 1.78 bits per heavy atom. The minimum absolute atomic E-state index is 0.119. The van der Waals surface area contributed by atoms with Gasteiger partial charge in [-0.05, 0) is 57.2 Å². The number of nitrogens with one attached hydrogen (secondary N) is 1. The molecule has 6 heteroatoms. The standard InChI is InChI=1S/C21H27N3O3/c1-4-24(15(2)3)17-11-9-16(10-12-17)21(26)23-18-7-5-6-8-19(18)27-14-13-20(22)25/h5-12,15H,4,13-14H2,1-3H3,(H2,22,25)(H,23,26). The van der Waals surface area contributed by atoms with Crippen LogP contribution in [0, 0.1) is 0 Å². The summed E-state index contributed by atoms with van der Waals surface area (Å²) in [6.07, 6.45) is 0.119. The average molecular weight is 369 g/mol. The number of nitrogens with two attached hydrogens (primary N) is 1. The van der Waals surface area contributed by atoms with Crippen LogP contribution in [0.4, 0.5) is 11.4 Å². The number of rotatable bonds is 9. The second-order valence-corrected chi connectivity index (χ2v) is 6.44. The zero-order valence-electron chi connectivity index (χ0n) is 16.1. The maximum absolute atomic E-state index is 12.6. The van der Waals surface area contributed by atoms with Crippen molar-refractivity contribution >= 4 is 23.2 Å². The summed E-state index contributed by atoms with van der Waals surface area (Å²) >= 11 is 0. The molecule has 2 rings (SSSR count). The molecule has 0 saturated heterocycles. The lowest BCUT2D eigenvalue weighted by Gasteiger charge is -2.27. The highest BCUT2D eigenvalue weighted by Gasteiger charge is 2.12. The Morgan fingerprint density at radius 1 is 1.11 bits per heavy atom. The van der Waals surface area contributed by atoms with Gasteiger partial charge in [-0.1, -0.05) is 12.1 Å². The Kier molecular flexibility index (Phi) is 7.23. The van der Waals surface area contributed by atoms with E-state index in [1.807, 2.05) is 24.3 Å². The quantitative estimate of drug-likeness (QED) is 0.709. The fourth-order valence-corrected chi connectivity index (χ4v) is 2.80. The molecule has 0 heterocycles. The average Bonchev–Trinajstić information content (AvgIpc) is 2.63. The molecule has 144 valence electrons. The summed E-state index contributed by atoms with van der Waals surface area (Å²) in [5.41, 5.74) is 7.31. The summed E-state index contributed by atoms with van der Waals surface area (Å²) in [6.45, 7) is 7.45. The smallest absolute Gasteiger partial charge is 0.255 e. The fourth-order valence-electron chi connectivity index (χ4n) is 2.80. The zero-order valence-corrected chi connectivity index (χ0v) is 16.1. The Hall–Kier alpha value is -3.02. The summed E-state index contributed by atoms with van der Waals surface area (Å²) in [4.78, 5) is 25.7. The molecule has 2 aromatic carbocycles. The number of anilines is 2. The largest absolute Gasteiger partial charge is 0.491 e.